The summed E-state index contributed by atoms with van der Waals surface area (Å²) >= 11 is 5.83. The van der Waals surface area contributed by atoms with E-state index in [1.54, 1.807) is 12.1 Å². The molecule has 0 aliphatic rings. The van der Waals surface area contributed by atoms with Crippen molar-refractivity contribution in [3.05, 3.63) is 34.7 Å². The highest BCUT2D eigenvalue weighted by Gasteiger charge is 2.19. The van der Waals surface area contributed by atoms with Crippen molar-refractivity contribution in [3.8, 4) is 11.1 Å². The Morgan fingerprint density at radius 3 is 2.76 bits per heavy atom. The van der Waals surface area contributed by atoms with E-state index in [-0.39, 0.29) is 10.9 Å². The van der Waals surface area contributed by atoms with Gasteiger partial charge in [-0.05, 0) is 18.9 Å². The van der Waals surface area contributed by atoms with Crippen molar-refractivity contribution in [2.75, 3.05) is 5.73 Å². The van der Waals surface area contributed by atoms with Crippen LogP contribution in [0.1, 0.15) is 44.7 Å². The molecule has 0 spiro atoms. The van der Waals surface area contributed by atoms with E-state index in [0.717, 1.165) is 19.3 Å². The number of aryl methyl sites for hydroxylation is 1. The lowest BCUT2D eigenvalue weighted by Crippen LogP contribution is -1.94. The summed E-state index contributed by atoms with van der Waals surface area (Å²) in [4.78, 5) is 0. The maximum absolute atomic E-state index is 14.2. The summed E-state index contributed by atoms with van der Waals surface area (Å²) in [5.41, 5.74) is 7.39. The standard InChI is InChI=1S/C16H20ClFN2O/c1-2-3-4-5-6-10-13-14(16(19)21-20-13)11-8-7-9-12(17)15(11)18/h7-9H,2-6,10,19H2,1H3. The van der Waals surface area contributed by atoms with Crippen LogP contribution in [0.25, 0.3) is 11.1 Å². The lowest BCUT2D eigenvalue weighted by Gasteiger charge is -2.05. The van der Waals surface area contributed by atoms with Crippen molar-refractivity contribution in [1.29, 1.82) is 0 Å². The number of nitrogen functional groups attached to an aromatic ring is 1. The Labute approximate surface area is 129 Å². The normalized spacial score (nSPS) is 11.0. The molecular formula is C16H20ClFN2O. The molecular weight excluding hydrogens is 291 g/mol. The van der Waals surface area contributed by atoms with Gasteiger partial charge in [0.2, 0.25) is 5.88 Å². The predicted molar refractivity (Wildman–Crippen MR) is 83.8 cm³/mol. The lowest BCUT2D eigenvalue weighted by atomic mass is 10.0. The molecule has 0 aliphatic carbocycles. The maximum Gasteiger partial charge on any atom is 0.230 e. The van der Waals surface area contributed by atoms with Crippen LogP contribution in [-0.4, -0.2) is 5.16 Å². The van der Waals surface area contributed by atoms with Gasteiger partial charge in [0.25, 0.3) is 0 Å². The number of hydrogen-bond donors (Lipinski definition) is 1. The van der Waals surface area contributed by atoms with E-state index in [1.807, 2.05) is 0 Å². The molecule has 0 saturated carbocycles. The van der Waals surface area contributed by atoms with Gasteiger partial charge in [-0.2, -0.15) is 0 Å². The van der Waals surface area contributed by atoms with Crippen molar-refractivity contribution in [2.24, 2.45) is 0 Å². The molecule has 2 rings (SSSR count). The molecule has 1 aromatic heterocycles. The average Bonchev–Trinajstić information content (AvgIpc) is 2.83. The second-order valence-corrected chi connectivity index (χ2v) is 5.54. The number of halogens is 2. The van der Waals surface area contributed by atoms with Crippen LogP contribution in [0.2, 0.25) is 5.02 Å². The van der Waals surface area contributed by atoms with Crippen molar-refractivity contribution in [1.82, 2.24) is 5.16 Å². The smallest absolute Gasteiger partial charge is 0.230 e. The zero-order chi connectivity index (χ0) is 15.2. The van der Waals surface area contributed by atoms with Crippen LogP contribution in [0, 0.1) is 5.82 Å². The number of rotatable bonds is 7. The lowest BCUT2D eigenvalue weighted by molar-refractivity contribution is 0.425. The topological polar surface area (TPSA) is 52.0 Å². The van der Waals surface area contributed by atoms with E-state index in [1.165, 1.54) is 25.3 Å². The molecule has 2 aromatic rings. The Balaban J connectivity index is 2.16. The molecule has 5 heteroatoms. The van der Waals surface area contributed by atoms with Crippen LogP contribution in [0.3, 0.4) is 0 Å². The molecule has 0 radical (unpaired) electrons. The third-order valence-electron chi connectivity index (χ3n) is 3.53. The summed E-state index contributed by atoms with van der Waals surface area (Å²) < 4.78 is 19.2. The van der Waals surface area contributed by atoms with Gasteiger partial charge in [0, 0.05) is 5.56 Å². The molecule has 21 heavy (non-hydrogen) atoms. The molecule has 0 bridgehead atoms. The van der Waals surface area contributed by atoms with E-state index in [9.17, 15) is 4.39 Å². The Kier molecular flexibility index (Phi) is 5.62. The van der Waals surface area contributed by atoms with Crippen molar-refractivity contribution in [3.63, 3.8) is 0 Å². The van der Waals surface area contributed by atoms with Crippen molar-refractivity contribution >= 4 is 17.5 Å². The van der Waals surface area contributed by atoms with Crippen LogP contribution in [0.4, 0.5) is 10.3 Å². The first-order chi connectivity index (χ1) is 10.1. The minimum Gasteiger partial charge on any atom is -0.367 e. The fraction of sp³-hybridized carbons (Fsp3) is 0.438. The van der Waals surface area contributed by atoms with Gasteiger partial charge in [0.1, 0.15) is 5.82 Å². The van der Waals surface area contributed by atoms with Gasteiger partial charge in [0.05, 0.1) is 16.3 Å². The van der Waals surface area contributed by atoms with E-state index in [2.05, 4.69) is 12.1 Å². The average molecular weight is 311 g/mol. The van der Waals surface area contributed by atoms with Gasteiger partial charge in [-0.1, -0.05) is 61.5 Å². The molecule has 1 heterocycles. The van der Waals surface area contributed by atoms with Gasteiger partial charge in [-0.3, -0.25) is 0 Å². The zero-order valence-electron chi connectivity index (χ0n) is 12.2. The zero-order valence-corrected chi connectivity index (χ0v) is 12.9. The molecule has 2 N–H and O–H groups in total. The number of aromatic nitrogens is 1. The largest absolute Gasteiger partial charge is 0.367 e. The van der Waals surface area contributed by atoms with Crippen LogP contribution in [-0.2, 0) is 6.42 Å². The number of nitrogens with two attached hydrogens (primary N) is 1. The fourth-order valence-corrected chi connectivity index (χ4v) is 2.56. The van der Waals surface area contributed by atoms with Crippen LogP contribution >= 0.6 is 11.6 Å². The Morgan fingerprint density at radius 1 is 1.24 bits per heavy atom. The molecule has 3 nitrogen and oxygen atoms in total. The highest BCUT2D eigenvalue weighted by Crippen LogP contribution is 2.34. The highest BCUT2D eigenvalue weighted by atomic mass is 35.5. The summed E-state index contributed by atoms with van der Waals surface area (Å²) in [5, 5.41) is 4.04. The monoisotopic (exact) mass is 310 g/mol. The summed E-state index contributed by atoms with van der Waals surface area (Å²) in [6.07, 6.45) is 6.47. The minimum atomic E-state index is -0.485. The first kappa shape index (κ1) is 15.8. The van der Waals surface area contributed by atoms with Crippen molar-refractivity contribution in [2.45, 2.75) is 45.4 Å². The number of hydrogen-bond acceptors (Lipinski definition) is 3. The third kappa shape index (κ3) is 3.76. The van der Waals surface area contributed by atoms with Gasteiger partial charge < -0.3 is 10.3 Å². The molecule has 0 atom stereocenters. The minimum absolute atomic E-state index is 0.0713. The maximum atomic E-state index is 14.2. The summed E-state index contributed by atoms with van der Waals surface area (Å²) in [6.45, 7) is 2.18. The van der Waals surface area contributed by atoms with E-state index >= 15 is 0 Å². The first-order valence-electron chi connectivity index (χ1n) is 7.33. The highest BCUT2D eigenvalue weighted by molar-refractivity contribution is 6.31. The molecule has 0 fully saturated rings. The van der Waals surface area contributed by atoms with Gasteiger partial charge in [-0.25, -0.2) is 4.39 Å². The summed E-state index contributed by atoms with van der Waals surface area (Å²) in [7, 11) is 0. The van der Waals surface area contributed by atoms with E-state index < -0.39 is 5.82 Å². The second-order valence-electron chi connectivity index (χ2n) is 5.13. The van der Waals surface area contributed by atoms with E-state index in [0.29, 0.717) is 16.8 Å². The summed E-state index contributed by atoms with van der Waals surface area (Å²) in [6, 6.07) is 4.84. The fourth-order valence-electron chi connectivity index (χ4n) is 2.39. The quantitative estimate of drug-likeness (QED) is 0.712. The number of benzene rings is 1. The van der Waals surface area contributed by atoms with Crippen molar-refractivity contribution < 1.29 is 8.91 Å². The van der Waals surface area contributed by atoms with Crippen LogP contribution < -0.4 is 5.73 Å². The Bertz CT molecular complexity index is 598. The predicted octanol–water partition coefficient (Wildman–Crippen LogP) is 5.23. The molecule has 114 valence electrons. The Morgan fingerprint density at radius 2 is 2.00 bits per heavy atom. The SMILES string of the molecule is CCCCCCCc1noc(N)c1-c1cccc(Cl)c1F. The molecule has 0 unspecified atom stereocenters. The molecule has 0 saturated heterocycles. The first-order valence-corrected chi connectivity index (χ1v) is 7.71. The second kappa shape index (κ2) is 7.46. The number of nitrogens with zero attached hydrogens (tertiary/aromatic N) is 1. The third-order valence-corrected chi connectivity index (χ3v) is 3.82. The van der Waals surface area contributed by atoms with E-state index in [4.69, 9.17) is 21.9 Å². The number of anilines is 1. The molecule has 0 amide bonds. The molecule has 1 aromatic carbocycles. The molecule has 0 aliphatic heterocycles. The van der Waals surface area contributed by atoms with Gasteiger partial charge in [-0.15, -0.1) is 0 Å². The summed E-state index contributed by atoms with van der Waals surface area (Å²) in [5.74, 6) is -0.346. The Hall–Kier alpha value is -1.55. The van der Waals surface area contributed by atoms with Gasteiger partial charge in [0.15, 0.2) is 0 Å². The van der Waals surface area contributed by atoms with Gasteiger partial charge >= 0.3 is 0 Å². The van der Waals surface area contributed by atoms with Crippen LogP contribution in [0.15, 0.2) is 22.7 Å². The number of unbranched alkanes of at least 4 members (excludes halogenated alkanes) is 4. The van der Waals surface area contributed by atoms with Crippen LogP contribution in [0.5, 0.6) is 0 Å².